The lowest BCUT2D eigenvalue weighted by Crippen LogP contribution is -2.33. The normalized spacial score (nSPS) is 43.8. The monoisotopic (exact) mass is 181 g/mol. The largest absolute Gasteiger partial charge is 0.311 e. The average Bonchev–Trinajstić information content (AvgIpc) is 2.69. The summed E-state index contributed by atoms with van der Waals surface area (Å²) in [5.74, 6) is 1.96. The molecule has 4 atom stereocenters. The van der Waals surface area contributed by atoms with Crippen molar-refractivity contribution >= 4 is 0 Å². The summed E-state index contributed by atoms with van der Waals surface area (Å²) in [6.45, 7) is 4.70. The van der Waals surface area contributed by atoms with Gasteiger partial charge in [0.05, 0.1) is 0 Å². The van der Waals surface area contributed by atoms with Gasteiger partial charge in [0, 0.05) is 12.1 Å². The van der Waals surface area contributed by atoms with E-state index in [-0.39, 0.29) is 0 Å². The first-order chi connectivity index (χ1) is 6.31. The second-order valence-electron chi connectivity index (χ2n) is 5.07. The summed E-state index contributed by atoms with van der Waals surface area (Å²) >= 11 is 0. The molecule has 2 aliphatic carbocycles. The van der Waals surface area contributed by atoms with Crippen LogP contribution in [-0.2, 0) is 0 Å². The molecule has 0 saturated heterocycles. The quantitative estimate of drug-likeness (QED) is 0.703. The minimum Gasteiger partial charge on any atom is -0.311 e. The van der Waals surface area contributed by atoms with E-state index in [2.05, 4.69) is 19.2 Å². The third-order valence-corrected chi connectivity index (χ3v) is 3.87. The van der Waals surface area contributed by atoms with E-state index < -0.39 is 0 Å². The third kappa shape index (κ3) is 2.25. The molecule has 2 fully saturated rings. The van der Waals surface area contributed by atoms with Gasteiger partial charge in [-0.15, -0.1) is 0 Å². The fraction of sp³-hybridized carbons (Fsp3) is 1.00. The smallest absolute Gasteiger partial charge is 0.0102 e. The highest BCUT2D eigenvalue weighted by molar-refractivity contribution is 4.96. The van der Waals surface area contributed by atoms with Crippen LogP contribution in [0.4, 0.5) is 0 Å². The van der Waals surface area contributed by atoms with Crippen LogP contribution in [0.3, 0.4) is 0 Å². The molecule has 0 spiro atoms. The number of hydrogen-bond acceptors (Lipinski definition) is 1. The van der Waals surface area contributed by atoms with Crippen molar-refractivity contribution in [2.24, 2.45) is 11.8 Å². The highest BCUT2D eigenvalue weighted by Crippen LogP contribution is 2.37. The lowest BCUT2D eigenvalue weighted by Gasteiger charge is -2.17. The molecule has 2 aliphatic rings. The zero-order valence-electron chi connectivity index (χ0n) is 9.05. The van der Waals surface area contributed by atoms with Crippen LogP contribution in [0.2, 0.25) is 0 Å². The minimum absolute atomic E-state index is 0.854. The zero-order chi connectivity index (χ0) is 9.26. The molecule has 1 heteroatoms. The summed E-state index contributed by atoms with van der Waals surface area (Å²) in [6.07, 6.45) is 8.59. The van der Waals surface area contributed by atoms with Gasteiger partial charge in [-0.3, -0.25) is 0 Å². The highest BCUT2D eigenvalue weighted by Gasteiger charge is 2.38. The molecule has 1 nitrogen and oxygen atoms in total. The van der Waals surface area contributed by atoms with Gasteiger partial charge >= 0.3 is 0 Å². The SMILES string of the molecule is CCCC1CC1NC1CCCC1C. The molecule has 2 saturated carbocycles. The van der Waals surface area contributed by atoms with Crippen LogP contribution in [0.1, 0.15) is 52.4 Å². The molecule has 0 aliphatic heterocycles. The summed E-state index contributed by atoms with van der Waals surface area (Å²) in [6, 6.07) is 1.75. The standard InChI is InChI=1S/C12H23N/c1-3-5-10-8-12(10)13-11-7-4-6-9(11)2/h9-13H,3-8H2,1-2H3. The van der Waals surface area contributed by atoms with Crippen LogP contribution >= 0.6 is 0 Å². The third-order valence-electron chi connectivity index (χ3n) is 3.87. The fourth-order valence-corrected chi connectivity index (χ4v) is 2.81. The van der Waals surface area contributed by atoms with Crippen molar-refractivity contribution in [3.8, 4) is 0 Å². The molecule has 13 heavy (non-hydrogen) atoms. The lowest BCUT2D eigenvalue weighted by molar-refractivity contribution is 0.412. The van der Waals surface area contributed by atoms with Gasteiger partial charge in [0.2, 0.25) is 0 Å². The van der Waals surface area contributed by atoms with Crippen molar-refractivity contribution in [2.75, 3.05) is 0 Å². The van der Waals surface area contributed by atoms with E-state index in [0.29, 0.717) is 0 Å². The van der Waals surface area contributed by atoms with Gasteiger partial charge in [0.15, 0.2) is 0 Å². The summed E-state index contributed by atoms with van der Waals surface area (Å²) in [4.78, 5) is 0. The summed E-state index contributed by atoms with van der Waals surface area (Å²) in [7, 11) is 0. The van der Waals surface area contributed by atoms with E-state index in [0.717, 1.165) is 23.9 Å². The predicted molar refractivity (Wildman–Crippen MR) is 56.7 cm³/mol. The van der Waals surface area contributed by atoms with Gasteiger partial charge in [0.25, 0.3) is 0 Å². The van der Waals surface area contributed by atoms with Crippen LogP contribution in [0.15, 0.2) is 0 Å². The summed E-state index contributed by atoms with van der Waals surface area (Å²) < 4.78 is 0. The predicted octanol–water partition coefficient (Wildman–Crippen LogP) is 2.95. The van der Waals surface area contributed by atoms with Crippen molar-refractivity contribution in [3.63, 3.8) is 0 Å². The Morgan fingerprint density at radius 3 is 2.69 bits per heavy atom. The Kier molecular flexibility index (Phi) is 2.92. The first kappa shape index (κ1) is 9.51. The molecule has 2 rings (SSSR count). The maximum absolute atomic E-state index is 3.84. The fourth-order valence-electron chi connectivity index (χ4n) is 2.81. The number of rotatable bonds is 4. The van der Waals surface area contributed by atoms with Crippen molar-refractivity contribution in [3.05, 3.63) is 0 Å². The van der Waals surface area contributed by atoms with E-state index in [1.54, 1.807) is 0 Å². The molecule has 1 N–H and O–H groups in total. The first-order valence-corrected chi connectivity index (χ1v) is 6.07. The Morgan fingerprint density at radius 1 is 1.23 bits per heavy atom. The zero-order valence-corrected chi connectivity index (χ0v) is 9.05. The van der Waals surface area contributed by atoms with Crippen molar-refractivity contribution < 1.29 is 0 Å². The van der Waals surface area contributed by atoms with E-state index in [1.165, 1.54) is 38.5 Å². The maximum Gasteiger partial charge on any atom is 0.0102 e. The van der Waals surface area contributed by atoms with Crippen LogP contribution in [-0.4, -0.2) is 12.1 Å². The second-order valence-corrected chi connectivity index (χ2v) is 5.07. The molecule has 4 unspecified atom stereocenters. The van der Waals surface area contributed by atoms with E-state index in [9.17, 15) is 0 Å². The van der Waals surface area contributed by atoms with Crippen LogP contribution in [0.5, 0.6) is 0 Å². The molecule has 0 radical (unpaired) electrons. The van der Waals surface area contributed by atoms with Gasteiger partial charge < -0.3 is 5.32 Å². The summed E-state index contributed by atoms with van der Waals surface area (Å²) in [5.41, 5.74) is 0. The molecular weight excluding hydrogens is 158 g/mol. The average molecular weight is 181 g/mol. The van der Waals surface area contributed by atoms with E-state index in [4.69, 9.17) is 0 Å². The Labute approximate surface area is 82.3 Å². The summed E-state index contributed by atoms with van der Waals surface area (Å²) in [5, 5.41) is 3.84. The number of nitrogens with one attached hydrogen (secondary N) is 1. The van der Waals surface area contributed by atoms with Crippen molar-refractivity contribution in [1.82, 2.24) is 5.32 Å². The Bertz CT molecular complexity index is 167. The van der Waals surface area contributed by atoms with E-state index in [1.807, 2.05) is 0 Å². The van der Waals surface area contributed by atoms with Gasteiger partial charge in [-0.05, 0) is 37.5 Å². The van der Waals surface area contributed by atoms with Gasteiger partial charge in [0.1, 0.15) is 0 Å². The van der Waals surface area contributed by atoms with Crippen LogP contribution < -0.4 is 5.32 Å². The van der Waals surface area contributed by atoms with E-state index >= 15 is 0 Å². The molecule has 0 bridgehead atoms. The highest BCUT2D eigenvalue weighted by atomic mass is 15.0. The molecule has 0 aromatic carbocycles. The Balaban J connectivity index is 1.68. The second kappa shape index (κ2) is 4.00. The van der Waals surface area contributed by atoms with Gasteiger partial charge in [-0.25, -0.2) is 0 Å². The molecule has 0 heterocycles. The molecule has 0 aromatic heterocycles. The molecular formula is C12H23N. The Hall–Kier alpha value is -0.0400. The maximum atomic E-state index is 3.84. The minimum atomic E-state index is 0.854. The lowest BCUT2D eigenvalue weighted by atomic mass is 10.1. The Morgan fingerprint density at radius 2 is 2.08 bits per heavy atom. The van der Waals surface area contributed by atoms with Crippen LogP contribution in [0, 0.1) is 11.8 Å². The molecule has 0 aromatic rings. The molecule has 76 valence electrons. The van der Waals surface area contributed by atoms with Crippen molar-refractivity contribution in [1.29, 1.82) is 0 Å². The van der Waals surface area contributed by atoms with Crippen LogP contribution in [0.25, 0.3) is 0 Å². The molecule has 0 amide bonds. The first-order valence-electron chi connectivity index (χ1n) is 6.07. The number of hydrogen-bond donors (Lipinski definition) is 1. The van der Waals surface area contributed by atoms with Crippen molar-refractivity contribution in [2.45, 2.75) is 64.5 Å². The topological polar surface area (TPSA) is 12.0 Å². The van der Waals surface area contributed by atoms with Gasteiger partial charge in [-0.2, -0.15) is 0 Å². The van der Waals surface area contributed by atoms with Gasteiger partial charge in [-0.1, -0.05) is 26.7 Å².